The summed E-state index contributed by atoms with van der Waals surface area (Å²) >= 11 is 2.99. The predicted molar refractivity (Wildman–Crippen MR) is 75.1 cm³/mol. The van der Waals surface area contributed by atoms with Crippen molar-refractivity contribution in [3.05, 3.63) is 58.3 Å². The lowest BCUT2D eigenvalue weighted by molar-refractivity contribution is -0.0498. The lowest BCUT2D eigenvalue weighted by Crippen LogP contribution is -2.13. The standard InChI is InChI=1S/C14H9BrF3NO2/c15-12-10(2-1-3-11(12)16)13(20)19-8-4-6-9(7-5-8)21-14(17)18/h1-7,14H,(H,19,20). The Kier molecular flexibility index (Phi) is 4.85. The van der Waals surface area contributed by atoms with E-state index in [0.29, 0.717) is 5.69 Å². The van der Waals surface area contributed by atoms with Gasteiger partial charge >= 0.3 is 6.61 Å². The molecule has 2 aromatic carbocycles. The number of ether oxygens (including phenoxy) is 1. The van der Waals surface area contributed by atoms with Gasteiger partial charge in [0.05, 0.1) is 10.0 Å². The SMILES string of the molecule is O=C(Nc1ccc(OC(F)F)cc1)c1cccc(F)c1Br. The Bertz CT molecular complexity index is 647. The lowest BCUT2D eigenvalue weighted by Gasteiger charge is -2.09. The number of hydrogen-bond acceptors (Lipinski definition) is 2. The molecule has 0 aliphatic rings. The highest BCUT2D eigenvalue weighted by molar-refractivity contribution is 9.10. The highest BCUT2D eigenvalue weighted by atomic mass is 79.9. The van der Waals surface area contributed by atoms with E-state index in [1.165, 1.54) is 42.5 Å². The first kappa shape index (κ1) is 15.4. The van der Waals surface area contributed by atoms with Gasteiger partial charge in [-0.25, -0.2) is 4.39 Å². The van der Waals surface area contributed by atoms with Crippen LogP contribution in [-0.4, -0.2) is 12.5 Å². The zero-order valence-electron chi connectivity index (χ0n) is 10.4. The van der Waals surface area contributed by atoms with Crippen molar-refractivity contribution in [1.82, 2.24) is 0 Å². The largest absolute Gasteiger partial charge is 0.435 e. The molecule has 21 heavy (non-hydrogen) atoms. The molecule has 0 aliphatic carbocycles. The molecule has 0 aliphatic heterocycles. The van der Waals surface area contributed by atoms with Crippen molar-refractivity contribution in [1.29, 1.82) is 0 Å². The zero-order chi connectivity index (χ0) is 15.4. The summed E-state index contributed by atoms with van der Waals surface area (Å²) < 4.78 is 41.6. The van der Waals surface area contributed by atoms with Gasteiger partial charge in [-0.2, -0.15) is 8.78 Å². The fraction of sp³-hybridized carbons (Fsp3) is 0.0714. The fourth-order valence-electron chi connectivity index (χ4n) is 1.60. The monoisotopic (exact) mass is 359 g/mol. The summed E-state index contributed by atoms with van der Waals surface area (Å²) in [4.78, 5) is 12.0. The highest BCUT2D eigenvalue weighted by Gasteiger charge is 2.13. The van der Waals surface area contributed by atoms with Crippen LogP contribution in [0.2, 0.25) is 0 Å². The Balaban J connectivity index is 2.11. The number of hydrogen-bond donors (Lipinski definition) is 1. The number of benzene rings is 2. The maximum Gasteiger partial charge on any atom is 0.387 e. The van der Waals surface area contributed by atoms with Gasteiger partial charge in [0.25, 0.3) is 5.91 Å². The van der Waals surface area contributed by atoms with Crippen molar-refractivity contribution in [2.45, 2.75) is 6.61 Å². The maximum atomic E-state index is 13.3. The number of amides is 1. The first-order chi connectivity index (χ1) is 9.97. The second kappa shape index (κ2) is 6.62. The number of nitrogens with one attached hydrogen (secondary N) is 1. The Hall–Kier alpha value is -2.02. The minimum Gasteiger partial charge on any atom is -0.435 e. The van der Waals surface area contributed by atoms with Crippen LogP contribution in [0.15, 0.2) is 46.9 Å². The van der Waals surface area contributed by atoms with Gasteiger partial charge in [-0.1, -0.05) is 6.07 Å². The molecular weight excluding hydrogens is 351 g/mol. The Labute approximate surface area is 126 Å². The average molecular weight is 360 g/mol. The number of carbonyl (C=O) groups excluding carboxylic acids is 1. The molecule has 7 heteroatoms. The molecule has 2 aromatic rings. The van der Waals surface area contributed by atoms with Crippen molar-refractivity contribution in [2.75, 3.05) is 5.32 Å². The van der Waals surface area contributed by atoms with Gasteiger partial charge in [0.15, 0.2) is 0 Å². The topological polar surface area (TPSA) is 38.3 Å². The maximum absolute atomic E-state index is 13.3. The zero-order valence-corrected chi connectivity index (χ0v) is 12.0. The summed E-state index contributed by atoms with van der Waals surface area (Å²) in [7, 11) is 0. The van der Waals surface area contributed by atoms with Gasteiger partial charge in [-0.3, -0.25) is 4.79 Å². The van der Waals surface area contributed by atoms with E-state index >= 15 is 0 Å². The van der Waals surface area contributed by atoms with E-state index in [1.807, 2.05) is 0 Å². The second-order valence-electron chi connectivity index (χ2n) is 3.96. The molecule has 0 aromatic heterocycles. The third kappa shape index (κ3) is 3.98. The molecule has 0 saturated carbocycles. The predicted octanol–water partition coefficient (Wildman–Crippen LogP) is 4.44. The first-order valence-corrected chi connectivity index (χ1v) is 6.57. The minimum atomic E-state index is -2.91. The third-order valence-electron chi connectivity index (χ3n) is 2.53. The van der Waals surface area contributed by atoms with E-state index < -0.39 is 18.3 Å². The number of anilines is 1. The van der Waals surface area contributed by atoms with Crippen LogP contribution in [-0.2, 0) is 0 Å². The molecule has 0 radical (unpaired) electrons. The highest BCUT2D eigenvalue weighted by Crippen LogP contribution is 2.22. The molecule has 0 fully saturated rings. The van der Waals surface area contributed by atoms with Crippen LogP contribution in [0.5, 0.6) is 5.75 Å². The Morgan fingerprint density at radius 3 is 2.43 bits per heavy atom. The van der Waals surface area contributed by atoms with Gasteiger partial charge in [0.2, 0.25) is 0 Å². The van der Waals surface area contributed by atoms with Crippen LogP contribution in [0.3, 0.4) is 0 Å². The first-order valence-electron chi connectivity index (χ1n) is 5.77. The van der Waals surface area contributed by atoms with Crippen LogP contribution in [0.25, 0.3) is 0 Å². The van der Waals surface area contributed by atoms with Crippen molar-refractivity contribution in [2.24, 2.45) is 0 Å². The normalized spacial score (nSPS) is 10.5. The van der Waals surface area contributed by atoms with Crippen molar-refractivity contribution in [3.63, 3.8) is 0 Å². The van der Waals surface area contributed by atoms with Crippen LogP contribution < -0.4 is 10.1 Å². The van der Waals surface area contributed by atoms with E-state index in [9.17, 15) is 18.0 Å². The molecule has 0 bridgehead atoms. The van der Waals surface area contributed by atoms with Gasteiger partial charge < -0.3 is 10.1 Å². The van der Waals surface area contributed by atoms with E-state index in [-0.39, 0.29) is 15.8 Å². The summed E-state index contributed by atoms with van der Waals surface area (Å²) in [6, 6.07) is 9.49. The lowest BCUT2D eigenvalue weighted by atomic mass is 10.2. The van der Waals surface area contributed by atoms with Gasteiger partial charge in [0.1, 0.15) is 11.6 Å². The van der Waals surface area contributed by atoms with Crippen LogP contribution >= 0.6 is 15.9 Å². The quantitative estimate of drug-likeness (QED) is 0.876. The molecule has 110 valence electrons. The molecule has 0 spiro atoms. The number of halogens is 4. The van der Waals surface area contributed by atoms with Crippen LogP contribution in [0, 0.1) is 5.82 Å². The van der Waals surface area contributed by atoms with Crippen molar-refractivity contribution in [3.8, 4) is 5.75 Å². The molecule has 2 rings (SSSR count). The summed E-state index contributed by atoms with van der Waals surface area (Å²) in [5.41, 5.74) is 0.501. The smallest absolute Gasteiger partial charge is 0.387 e. The molecule has 0 atom stereocenters. The Morgan fingerprint density at radius 2 is 1.81 bits per heavy atom. The van der Waals surface area contributed by atoms with Gasteiger partial charge in [-0.15, -0.1) is 0 Å². The van der Waals surface area contributed by atoms with Crippen LogP contribution in [0.1, 0.15) is 10.4 Å². The Morgan fingerprint density at radius 1 is 1.14 bits per heavy atom. The van der Waals surface area contributed by atoms with Crippen molar-refractivity contribution < 1.29 is 22.7 Å². The molecule has 0 saturated heterocycles. The van der Waals surface area contributed by atoms with Gasteiger partial charge in [0, 0.05) is 5.69 Å². The summed E-state index contributed by atoms with van der Waals surface area (Å²) in [5, 5.41) is 2.53. The molecule has 1 amide bonds. The van der Waals surface area contributed by atoms with Crippen LogP contribution in [0.4, 0.5) is 18.9 Å². The molecular formula is C14H9BrF3NO2. The summed E-state index contributed by atoms with van der Waals surface area (Å²) in [6.07, 6.45) is 0. The molecule has 0 heterocycles. The molecule has 3 nitrogen and oxygen atoms in total. The van der Waals surface area contributed by atoms with E-state index in [4.69, 9.17) is 0 Å². The third-order valence-corrected chi connectivity index (χ3v) is 3.34. The average Bonchev–Trinajstić information content (AvgIpc) is 2.43. The second-order valence-corrected chi connectivity index (χ2v) is 4.75. The number of rotatable bonds is 4. The fourth-order valence-corrected chi connectivity index (χ4v) is 2.04. The van der Waals surface area contributed by atoms with E-state index in [0.717, 1.165) is 0 Å². The summed E-state index contributed by atoms with van der Waals surface area (Å²) in [6.45, 7) is -2.91. The van der Waals surface area contributed by atoms with E-state index in [1.54, 1.807) is 0 Å². The molecule has 0 unspecified atom stereocenters. The van der Waals surface area contributed by atoms with E-state index in [2.05, 4.69) is 26.0 Å². The number of carbonyl (C=O) groups is 1. The minimum absolute atomic E-state index is 0.0186. The molecule has 1 N–H and O–H groups in total. The summed E-state index contributed by atoms with van der Waals surface area (Å²) in [5.74, 6) is -1.10. The van der Waals surface area contributed by atoms with Gasteiger partial charge in [-0.05, 0) is 52.3 Å². The number of alkyl halides is 2. The van der Waals surface area contributed by atoms with Crippen molar-refractivity contribution >= 4 is 27.5 Å².